The van der Waals surface area contributed by atoms with E-state index in [1.165, 1.54) is 128 Å². The van der Waals surface area contributed by atoms with Crippen molar-refractivity contribution >= 4 is 19.7 Å². The van der Waals surface area contributed by atoms with Crippen molar-refractivity contribution in [1.29, 1.82) is 0 Å². The molecule has 10 heteroatoms. The molecular weight excluding hydrogens is 976 g/mol. The Kier molecular flexibility index (Phi) is 54.4. The summed E-state index contributed by atoms with van der Waals surface area (Å²) < 4.78 is 30.7. The number of nitrogens with one attached hydrogen (secondary N) is 1. The molecule has 446 valence electrons. The number of nitrogens with zero attached hydrogens (tertiary/aromatic N) is 1. The normalized spacial score (nSPS) is 14.2. The second-order valence-electron chi connectivity index (χ2n) is 22.5. The lowest BCUT2D eigenvalue weighted by Gasteiger charge is -2.27. The molecule has 0 aliphatic heterocycles. The Morgan fingerprint density at radius 3 is 1.30 bits per heavy atom. The third-order valence-electron chi connectivity index (χ3n) is 13.8. The third kappa shape index (κ3) is 57.7. The molecule has 2 N–H and O–H groups in total. The van der Waals surface area contributed by atoms with Gasteiger partial charge in [-0.2, -0.15) is 0 Å². The Morgan fingerprint density at radius 1 is 0.468 bits per heavy atom. The number of amides is 1. The smallest absolute Gasteiger partial charge is 0.456 e. The molecule has 0 bridgehead atoms. The second kappa shape index (κ2) is 56.5. The molecule has 0 saturated carbocycles. The molecule has 0 fully saturated rings. The van der Waals surface area contributed by atoms with Crippen LogP contribution in [0, 0.1) is 0 Å². The number of allylic oxidation sites excluding steroid dienone is 13. The number of ether oxygens (including phenoxy) is 1. The molecule has 3 atom stereocenters. The van der Waals surface area contributed by atoms with Crippen LogP contribution in [-0.4, -0.2) is 74.3 Å². The minimum Gasteiger partial charge on any atom is -0.456 e. The first-order chi connectivity index (χ1) is 37.4. The van der Waals surface area contributed by atoms with Crippen LogP contribution in [0.3, 0.4) is 0 Å². The van der Waals surface area contributed by atoms with Crippen molar-refractivity contribution in [2.75, 3.05) is 40.9 Å². The Labute approximate surface area is 476 Å². The molecule has 0 aromatic rings. The topological polar surface area (TPSA) is 111 Å². The van der Waals surface area contributed by atoms with E-state index in [0.717, 1.165) is 116 Å². The molecule has 0 aromatic carbocycles. The van der Waals surface area contributed by atoms with E-state index in [0.29, 0.717) is 17.4 Å². The predicted octanol–water partition coefficient (Wildman–Crippen LogP) is 19.8. The highest BCUT2D eigenvalue weighted by atomic mass is 31.2. The van der Waals surface area contributed by atoms with Gasteiger partial charge in [0.2, 0.25) is 5.91 Å². The summed E-state index contributed by atoms with van der Waals surface area (Å²) in [6.45, 7) is 6.86. The van der Waals surface area contributed by atoms with Gasteiger partial charge >= 0.3 is 13.8 Å². The SMILES string of the molecule is CC/C=C\C/C=C\C/C=C\C/C=C\C/C=C\CCCCCCCCCCCCCC(=O)OC(/C=C\CCCCCCCCCCCCC)C(COP(=O)(O)OCC[N+](C)(C)C)NC(=O)CCCCCCC/C=C\CCCC. The van der Waals surface area contributed by atoms with Gasteiger partial charge in [-0.15, -0.1) is 0 Å². The summed E-state index contributed by atoms with van der Waals surface area (Å²) in [6.07, 6.45) is 74.5. The van der Waals surface area contributed by atoms with E-state index in [-0.39, 0.29) is 31.5 Å². The zero-order valence-corrected chi connectivity index (χ0v) is 51.8. The van der Waals surface area contributed by atoms with Crippen LogP contribution < -0.4 is 5.32 Å². The van der Waals surface area contributed by atoms with Crippen LogP contribution in [0.5, 0.6) is 0 Å². The van der Waals surface area contributed by atoms with Gasteiger partial charge in [0.25, 0.3) is 0 Å². The largest absolute Gasteiger partial charge is 0.472 e. The van der Waals surface area contributed by atoms with Crippen molar-refractivity contribution in [3.63, 3.8) is 0 Å². The summed E-state index contributed by atoms with van der Waals surface area (Å²) in [6, 6.07) is -0.856. The van der Waals surface area contributed by atoms with Crippen LogP contribution in [-0.2, 0) is 27.9 Å². The van der Waals surface area contributed by atoms with Gasteiger partial charge in [-0.3, -0.25) is 18.6 Å². The molecule has 0 spiro atoms. The number of carbonyl (C=O) groups is 2. The van der Waals surface area contributed by atoms with E-state index in [1.54, 1.807) is 0 Å². The number of hydrogen-bond acceptors (Lipinski definition) is 6. The highest BCUT2D eigenvalue weighted by Gasteiger charge is 2.30. The van der Waals surface area contributed by atoms with Gasteiger partial charge in [0.05, 0.1) is 33.8 Å². The lowest BCUT2D eigenvalue weighted by atomic mass is 10.0. The molecule has 0 aromatic heterocycles. The van der Waals surface area contributed by atoms with Crippen molar-refractivity contribution in [2.45, 2.75) is 290 Å². The summed E-state index contributed by atoms with van der Waals surface area (Å²) in [5.41, 5.74) is 0. The monoisotopic (exact) mass is 1100 g/mol. The van der Waals surface area contributed by atoms with Gasteiger partial charge in [0.1, 0.15) is 19.3 Å². The lowest BCUT2D eigenvalue weighted by Crippen LogP contribution is -2.47. The van der Waals surface area contributed by atoms with Crippen LogP contribution in [0.25, 0.3) is 0 Å². The molecule has 9 nitrogen and oxygen atoms in total. The minimum absolute atomic E-state index is 0.0359. The maximum atomic E-state index is 13.5. The van der Waals surface area contributed by atoms with Gasteiger partial charge in [0.15, 0.2) is 0 Å². The van der Waals surface area contributed by atoms with Gasteiger partial charge in [0, 0.05) is 12.8 Å². The minimum atomic E-state index is -4.45. The molecule has 0 aliphatic rings. The fraction of sp³-hybridized carbons (Fsp3) is 0.761. The quantitative estimate of drug-likeness (QED) is 0.0205. The maximum absolute atomic E-state index is 13.5. The second-order valence-corrected chi connectivity index (χ2v) is 24.0. The predicted molar refractivity (Wildman–Crippen MR) is 332 cm³/mol. The van der Waals surface area contributed by atoms with Crippen LogP contribution in [0.1, 0.15) is 278 Å². The average Bonchev–Trinajstić information content (AvgIpc) is 3.39. The van der Waals surface area contributed by atoms with E-state index in [1.807, 2.05) is 33.3 Å². The Bertz CT molecular complexity index is 1590. The van der Waals surface area contributed by atoms with Crippen molar-refractivity contribution < 1.29 is 37.3 Å². The first-order valence-electron chi connectivity index (χ1n) is 31.9. The Balaban J connectivity index is 5.07. The van der Waals surface area contributed by atoms with E-state index >= 15 is 0 Å². The first-order valence-corrected chi connectivity index (χ1v) is 33.4. The molecule has 0 aliphatic carbocycles. The van der Waals surface area contributed by atoms with Crippen molar-refractivity contribution in [2.24, 2.45) is 0 Å². The fourth-order valence-electron chi connectivity index (χ4n) is 8.89. The van der Waals surface area contributed by atoms with Crippen LogP contribution >= 0.6 is 7.82 Å². The number of likely N-dealkylation sites (N-methyl/N-ethyl adjacent to an activating group) is 1. The van der Waals surface area contributed by atoms with E-state index < -0.39 is 20.0 Å². The number of unbranched alkanes of at least 4 members (excludes halogenated alkanes) is 29. The van der Waals surface area contributed by atoms with Gasteiger partial charge in [-0.05, 0) is 96.0 Å². The van der Waals surface area contributed by atoms with Gasteiger partial charge < -0.3 is 19.4 Å². The molecule has 77 heavy (non-hydrogen) atoms. The van der Waals surface area contributed by atoms with Crippen molar-refractivity contribution in [1.82, 2.24) is 5.32 Å². The van der Waals surface area contributed by atoms with Crippen molar-refractivity contribution in [3.8, 4) is 0 Å². The number of quaternary nitrogens is 1. The molecule has 0 radical (unpaired) electrons. The molecule has 0 saturated heterocycles. The zero-order valence-electron chi connectivity index (χ0n) is 50.9. The maximum Gasteiger partial charge on any atom is 0.472 e. The highest BCUT2D eigenvalue weighted by Crippen LogP contribution is 2.43. The van der Waals surface area contributed by atoms with Crippen LogP contribution in [0.15, 0.2) is 85.1 Å². The number of hydrogen-bond donors (Lipinski definition) is 2. The number of phosphoric acid groups is 1. The zero-order chi connectivity index (χ0) is 56.4. The molecule has 0 rings (SSSR count). The first kappa shape index (κ1) is 74.2. The Morgan fingerprint density at radius 2 is 0.844 bits per heavy atom. The number of rotatable bonds is 57. The number of phosphoric ester groups is 1. The summed E-state index contributed by atoms with van der Waals surface area (Å²) in [5, 5.41) is 3.04. The average molecular weight is 1100 g/mol. The summed E-state index contributed by atoms with van der Waals surface area (Å²) in [5.74, 6) is -0.519. The number of esters is 1. The standard InChI is InChI=1S/C67H121N2O7P/c1-7-10-13-16-19-22-25-27-28-29-30-31-32-33-34-35-36-37-38-39-40-42-45-48-51-54-57-60-67(71)76-65(58-55-52-49-46-44-41-26-23-20-17-14-11-8-2)64(63-75-77(72,73)74-62-61-69(4,5)6)68-66(70)59-56-53-50-47-43-24-21-18-15-12-9-3/h10,13,18-19,21-22,27-28,30-31,33-34,55,58,64-65H,7-9,11-12,14-17,20,23-26,29,32,35-54,56-57,59-63H2,1-6H3,(H-,68,70,72,73)/p+1/b13-10-,21-18-,22-19-,28-27-,31-30-,34-33-,58-55-. The third-order valence-corrected chi connectivity index (χ3v) is 14.8. The molecule has 0 heterocycles. The lowest BCUT2D eigenvalue weighted by molar-refractivity contribution is -0.870. The Hall–Kier alpha value is -2.81. The fourth-order valence-corrected chi connectivity index (χ4v) is 9.63. The highest BCUT2D eigenvalue weighted by molar-refractivity contribution is 7.47. The van der Waals surface area contributed by atoms with Crippen LogP contribution in [0.2, 0.25) is 0 Å². The van der Waals surface area contributed by atoms with Gasteiger partial charge in [-0.25, -0.2) is 4.57 Å². The summed E-state index contributed by atoms with van der Waals surface area (Å²) in [7, 11) is 1.48. The van der Waals surface area contributed by atoms with E-state index in [4.69, 9.17) is 13.8 Å². The van der Waals surface area contributed by atoms with E-state index in [2.05, 4.69) is 99.0 Å². The molecular formula is C67H122N2O7P+. The number of carbonyl (C=O) groups excluding carboxylic acids is 2. The summed E-state index contributed by atoms with van der Waals surface area (Å²) in [4.78, 5) is 37.7. The van der Waals surface area contributed by atoms with Crippen LogP contribution in [0.4, 0.5) is 0 Å². The van der Waals surface area contributed by atoms with Gasteiger partial charge in [-0.1, -0.05) is 254 Å². The van der Waals surface area contributed by atoms with Crippen molar-refractivity contribution in [3.05, 3.63) is 85.1 Å². The molecule has 1 amide bonds. The molecule has 3 unspecified atom stereocenters. The van der Waals surface area contributed by atoms with E-state index in [9.17, 15) is 19.0 Å². The summed E-state index contributed by atoms with van der Waals surface area (Å²) >= 11 is 0.